The summed E-state index contributed by atoms with van der Waals surface area (Å²) >= 11 is 6.36. The molecule has 0 spiro atoms. The van der Waals surface area contributed by atoms with Gasteiger partial charge in [0.2, 0.25) is 5.91 Å². The molecule has 0 bridgehead atoms. The molecule has 0 saturated carbocycles. The van der Waals surface area contributed by atoms with Crippen LogP contribution in [0.3, 0.4) is 0 Å². The molecular weight excluding hydrogens is 462 g/mol. The number of carbonyl (C=O) groups excluding carboxylic acids is 1. The number of alkyl halides is 1. The van der Waals surface area contributed by atoms with Crippen LogP contribution in [0.1, 0.15) is 39.0 Å². The van der Waals surface area contributed by atoms with Gasteiger partial charge in [0.1, 0.15) is 12.1 Å². The Labute approximate surface area is 205 Å². The number of nitrogens with one attached hydrogen (secondary N) is 2. The van der Waals surface area contributed by atoms with Crippen LogP contribution in [0.15, 0.2) is 4.99 Å². The number of unbranched alkanes of at least 4 members (excludes halogenated alkanes) is 3. The lowest BCUT2D eigenvalue weighted by Gasteiger charge is -2.43. The molecule has 6 N–H and O–H groups in total. The standard InChI is InChI=1S/C22H42ClN7O2S/c1-2-3-4-5-8-30-15-16(23)13-27-21(30)19(20(24)25)22(31)28-17-14-26-7-6-18(17)29-9-11-33(32)12-10-29/h13,16-21,26H,2-12,14-15,24-25H2,1H3,(H,28,31). The SMILES string of the molecule is CCCCCCN1CC(Cl)C=NC1C(C(=O)NC1CNCCC1N1CCS(=O)CC1)C(N)N. The van der Waals surface area contributed by atoms with Gasteiger partial charge in [-0.3, -0.25) is 23.8 Å². The molecule has 9 nitrogen and oxygen atoms in total. The summed E-state index contributed by atoms with van der Waals surface area (Å²) in [5.41, 5.74) is 12.3. The summed E-state index contributed by atoms with van der Waals surface area (Å²) in [7, 11) is -0.726. The average molecular weight is 504 g/mol. The summed E-state index contributed by atoms with van der Waals surface area (Å²) in [5, 5.41) is 6.47. The van der Waals surface area contributed by atoms with Crippen molar-refractivity contribution in [3.05, 3.63) is 0 Å². The Kier molecular flexibility index (Phi) is 11.0. The molecule has 3 rings (SSSR count). The van der Waals surface area contributed by atoms with Crippen LogP contribution in [0.2, 0.25) is 0 Å². The zero-order valence-electron chi connectivity index (χ0n) is 19.8. The van der Waals surface area contributed by atoms with Crippen LogP contribution in [0, 0.1) is 5.92 Å². The maximum atomic E-state index is 13.5. The highest BCUT2D eigenvalue weighted by Crippen LogP contribution is 2.22. The molecule has 11 heteroatoms. The summed E-state index contributed by atoms with van der Waals surface area (Å²) < 4.78 is 11.8. The van der Waals surface area contributed by atoms with E-state index in [1.165, 1.54) is 12.8 Å². The van der Waals surface area contributed by atoms with Gasteiger partial charge in [-0.05, 0) is 19.4 Å². The van der Waals surface area contributed by atoms with E-state index in [1.54, 1.807) is 6.21 Å². The maximum Gasteiger partial charge on any atom is 0.229 e. The van der Waals surface area contributed by atoms with Gasteiger partial charge in [0, 0.05) is 67.3 Å². The lowest BCUT2D eigenvalue weighted by molar-refractivity contribution is -0.129. The fourth-order valence-electron chi connectivity index (χ4n) is 5.14. The third-order valence-electron chi connectivity index (χ3n) is 6.98. The second-order valence-electron chi connectivity index (χ2n) is 9.45. The van der Waals surface area contributed by atoms with E-state index in [-0.39, 0.29) is 23.4 Å². The molecule has 0 aromatic rings. The lowest BCUT2D eigenvalue weighted by atomic mass is 9.95. The third-order valence-corrected chi connectivity index (χ3v) is 8.50. The molecule has 3 aliphatic rings. The smallest absolute Gasteiger partial charge is 0.229 e. The van der Waals surface area contributed by atoms with E-state index in [0.29, 0.717) is 24.6 Å². The van der Waals surface area contributed by atoms with Gasteiger partial charge in [-0.1, -0.05) is 26.2 Å². The van der Waals surface area contributed by atoms with Crippen LogP contribution in [-0.4, -0.2) is 107 Å². The Morgan fingerprint density at radius 2 is 2.06 bits per heavy atom. The monoisotopic (exact) mass is 503 g/mol. The van der Waals surface area contributed by atoms with Crippen LogP contribution in [0.25, 0.3) is 0 Å². The van der Waals surface area contributed by atoms with Gasteiger partial charge in [0.05, 0.1) is 17.6 Å². The number of hydrogen-bond donors (Lipinski definition) is 4. The third kappa shape index (κ3) is 7.68. The number of rotatable bonds is 10. The first kappa shape index (κ1) is 27.0. The van der Waals surface area contributed by atoms with E-state index in [2.05, 4.69) is 32.3 Å². The fraction of sp³-hybridized carbons (Fsp3) is 0.909. The van der Waals surface area contributed by atoms with Crippen molar-refractivity contribution in [1.29, 1.82) is 0 Å². The van der Waals surface area contributed by atoms with Gasteiger partial charge in [-0.15, -0.1) is 11.6 Å². The number of halogens is 1. The van der Waals surface area contributed by atoms with E-state index in [4.69, 9.17) is 23.1 Å². The summed E-state index contributed by atoms with van der Waals surface area (Å²) in [6.45, 7) is 6.86. The van der Waals surface area contributed by atoms with Crippen molar-refractivity contribution in [1.82, 2.24) is 20.4 Å². The van der Waals surface area contributed by atoms with Gasteiger partial charge in [-0.2, -0.15) is 0 Å². The Morgan fingerprint density at radius 3 is 2.76 bits per heavy atom. The van der Waals surface area contributed by atoms with E-state index < -0.39 is 29.0 Å². The normalized spacial score (nSPS) is 31.1. The van der Waals surface area contributed by atoms with Crippen LogP contribution in [0.5, 0.6) is 0 Å². The molecule has 5 unspecified atom stereocenters. The zero-order chi connectivity index (χ0) is 23.8. The molecule has 5 atom stereocenters. The fourth-order valence-corrected chi connectivity index (χ4v) is 6.46. The van der Waals surface area contributed by atoms with Crippen LogP contribution >= 0.6 is 11.6 Å². The molecule has 2 saturated heterocycles. The largest absolute Gasteiger partial charge is 0.350 e. The molecule has 3 heterocycles. The van der Waals surface area contributed by atoms with Gasteiger partial charge in [-0.25, -0.2) is 0 Å². The molecule has 2 fully saturated rings. The number of piperidine rings is 1. The molecule has 190 valence electrons. The van der Waals surface area contributed by atoms with Crippen molar-refractivity contribution in [2.45, 2.75) is 68.8 Å². The van der Waals surface area contributed by atoms with Crippen molar-refractivity contribution in [2.24, 2.45) is 22.4 Å². The number of nitrogens with two attached hydrogens (primary N) is 2. The predicted octanol–water partition coefficient (Wildman–Crippen LogP) is -0.343. The number of amides is 1. The molecule has 0 radical (unpaired) electrons. The topological polar surface area (TPSA) is 129 Å². The Hall–Kier alpha value is -0.620. The quantitative estimate of drug-likeness (QED) is 0.182. The lowest BCUT2D eigenvalue weighted by Crippen LogP contribution is -2.65. The second-order valence-corrected chi connectivity index (χ2v) is 11.7. The average Bonchev–Trinajstić information content (AvgIpc) is 2.79. The van der Waals surface area contributed by atoms with Crippen molar-refractivity contribution in [3.8, 4) is 0 Å². The molecule has 3 aliphatic heterocycles. The summed E-state index contributed by atoms with van der Waals surface area (Å²) in [6.07, 6.45) is 5.94. The molecule has 0 aromatic carbocycles. The summed E-state index contributed by atoms with van der Waals surface area (Å²) in [5.74, 6) is 0.584. The molecule has 0 aromatic heterocycles. The highest BCUT2D eigenvalue weighted by atomic mass is 35.5. The molecule has 33 heavy (non-hydrogen) atoms. The van der Waals surface area contributed by atoms with Gasteiger partial charge < -0.3 is 22.1 Å². The first-order valence-electron chi connectivity index (χ1n) is 12.4. The molecule has 0 aliphatic carbocycles. The molecule has 1 amide bonds. The highest BCUT2D eigenvalue weighted by molar-refractivity contribution is 7.85. The first-order valence-corrected chi connectivity index (χ1v) is 14.4. The summed E-state index contributed by atoms with van der Waals surface area (Å²) in [4.78, 5) is 22.7. The predicted molar refractivity (Wildman–Crippen MR) is 136 cm³/mol. The minimum absolute atomic E-state index is 0.0506. The van der Waals surface area contributed by atoms with Crippen LogP contribution < -0.4 is 22.1 Å². The van der Waals surface area contributed by atoms with E-state index in [0.717, 1.165) is 45.4 Å². The Bertz CT molecular complexity index is 673. The maximum absolute atomic E-state index is 13.5. The van der Waals surface area contributed by atoms with E-state index in [1.807, 2.05) is 0 Å². The first-order chi connectivity index (χ1) is 15.9. The van der Waals surface area contributed by atoms with Crippen molar-refractivity contribution < 1.29 is 9.00 Å². The number of aliphatic imine (C=N–C) groups is 1. The molecular formula is C22H42ClN7O2S. The Balaban J connectivity index is 1.68. The number of carbonyl (C=O) groups is 1. The zero-order valence-corrected chi connectivity index (χ0v) is 21.4. The second kappa shape index (κ2) is 13.5. The van der Waals surface area contributed by atoms with Gasteiger partial charge in [0.15, 0.2) is 0 Å². The minimum atomic E-state index is -0.829. The van der Waals surface area contributed by atoms with E-state index >= 15 is 0 Å². The van der Waals surface area contributed by atoms with Crippen LogP contribution in [-0.2, 0) is 15.6 Å². The Morgan fingerprint density at radius 1 is 1.30 bits per heavy atom. The number of nitrogens with zero attached hydrogens (tertiary/aromatic N) is 3. The van der Waals surface area contributed by atoms with Crippen molar-refractivity contribution in [3.63, 3.8) is 0 Å². The summed E-state index contributed by atoms with van der Waals surface area (Å²) in [6, 6.07) is 0.166. The minimum Gasteiger partial charge on any atom is -0.350 e. The van der Waals surface area contributed by atoms with Crippen molar-refractivity contribution in [2.75, 3.05) is 50.8 Å². The highest BCUT2D eigenvalue weighted by Gasteiger charge is 2.40. The van der Waals surface area contributed by atoms with Crippen molar-refractivity contribution >= 4 is 34.5 Å². The van der Waals surface area contributed by atoms with Gasteiger partial charge >= 0.3 is 0 Å². The van der Waals surface area contributed by atoms with Crippen LogP contribution in [0.4, 0.5) is 0 Å². The van der Waals surface area contributed by atoms with Gasteiger partial charge in [0.25, 0.3) is 0 Å². The number of hydrogen-bond acceptors (Lipinski definition) is 8. The van der Waals surface area contributed by atoms with E-state index in [9.17, 15) is 9.00 Å².